The maximum absolute atomic E-state index is 12.8. The van der Waals surface area contributed by atoms with Crippen LogP contribution >= 0.6 is 0 Å². The first kappa shape index (κ1) is 62.7. The Morgan fingerprint density at radius 1 is 0.470 bits per heavy atom. The summed E-state index contributed by atoms with van der Waals surface area (Å²) in [5, 5.41) is 9.65. The third kappa shape index (κ3) is 48.7. The van der Waals surface area contributed by atoms with Crippen LogP contribution in [0.1, 0.15) is 213 Å². The fourth-order valence-corrected chi connectivity index (χ4v) is 7.13. The van der Waals surface area contributed by atoms with Gasteiger partial charge in [-0.3, -0.25) is 9.59 Å². The highest BCUT2D eigenvalue weighted by Crippen LogP contribution is 2.15. The highest BCUT2D eigenvalue weighted by Gasteiger charge is 2.25. The van der Waals surface area contributed by atoms with E-state index in [9.17, 15) is 19.5 Å². The lowest BCUT2D eigenvalue weighted by atomic mass is 10.0. The number of hydrogen-bond acceptors (Lipinski definition) is 7. The van der Waals surface area contributed by atoms with E-state index >= 15 is 0 Å². The van der Waals surface area contributed by atoms with Crippen LogP contribution in [0.5, 0.6) is 0 Å². The predicted molar refractivity (Wildman–Crippen MR) is 276 cm³/mol. The summed E-state index contributed by atoms with van der Waals surface area (Å²) in [6.07, 6.45) is 58.4. The van der Waals surface area contributed by atoms with E-state index in [0.717, 1.165) is 83.5 Å². The number of quaternary nitrogens is 1. The van der Waals surface area contributed by atoms with E-state index in [1.807, 2.05) is 21.1 Å². The number of carboxylic acids is 1. The fourth-order valence-electron chi connectivity index (χ4n) is 7.13. The van der Waals surface area contributed by atoms with Gasteiger partial charge in [-0.1, -0.05) is 209 Å². The maximum Gasteiger partial charge on any atom is 0.361 e. The summed E-state index contributed by atoms with van der Waals surface area (Å²) in [5.41, 5.74) is 0. The molecule has 0 aromatic rings. The fraction of sp³-hybridized carbons (Fsp3) is 0.737. The monoisotopic (exact) mass is 927 g/mol. The van der Waals surface area contributed by atoms with Crippen LogP contribution in [0.3, 0.4) is 0 Å². The van der Waals surface area contributed by atoms with Gasteiger partial charge in [0.1, 0.15) is 13.2 Å². The number of carboxylic acid groups (broad SMARTS) is 1. The second-order valence-electron chi connectivity index (χ2n) is 18.8. The molecule has 0 saturated heterocycles. The maximum atomic E-state index is 12.8. The number of nitrogens with zero attached hydrogens (tertiary/aromatic N) is 1. The number of aliphatic carboxylic acids is 1. The number of allylic oxidation sites excluding steroid dienone is 12. The largest absolute Gasteiger partial charge is 0.477 e. The summed E-state index contributed by atoms with van der Waals surface area (Å²) in [5.74, 6) is -2.01. The quantitative estimate of drug-likeness (QED) is 0.0211. The van der Waals surface area contributed by atoms with Gasteiger partial charge in [0.2, 0.25) is 0 Å². The predicted octanol–water partition coefficient (Wildman–Crippen LogP) is 15.1. The molecule has 2 unspecified atom stereocenters. The Balaban J connectivity index is 4.15. The standard InChI is InChI=1S/C57H99NO8/c1-6-8-10-12-14-16-18-19-20-21-22-23-24-25-26-27-28-29-30-31-32-33-34-35-36-37-38-40-42-44-46-48-55(60)66-53(52-65-57(56(61)62)63-50-49-58(3,4)5)51-64-54(59)47-45-43-41-39-17-15-13-11-9-7-2/h8,10,14,16,19-20,22-23,25-26,28-29,53,57H,6-7,9,11-13,15,17-18,21,24,27,30-52H2,1-5H3/p+1/b10-8-,16-14-,20-19-,23-22-,26-25-,29-28-. The minimum atomic E-state index is -1.51. The van der Waals surface area contributed by atoms with E-state index in [-0.39, 0.29) is 32.2 Å². The molecule has 0 aromatic carbocycles. The SMILES string of the molecule is CC/C=C\C/C=C\C/C=C\C/C=C\C/C=C\C/C=C\CCCCCCCCCCCCCCC(=O)OC(COC(=O)CCCCCCCCCCCC)COC(OCC[N+](C)(C)C)C(=O)O. The van der Waals surface area contributed by atoms with Gasteiger partial charge in [-0.05, 0) is 64.2 Å². The zero-order chi connectivity index (χ0) is 48.4. The zero-order valence-corrected chi connectivity index (χ0v) is 43.1. The number of likely N-dealkylation sites (N-methyl/N-ethyl adjacent to an activating group) is 1. The summed E-state index contributed by atoms with van der Waals surface area (Å²) in [4.78, 5) is 37.2. The molecular formula is C57H100NO8+. The molecule has 2 atom stereocenters. The Kier molecular flexibility index (Phi) is 45.8. The van der Waals surface area contributed by atoms with Crippen molar-refractivity contribution in [3.8, 4) is 0 Å². The molecule has 0 spiro atoms. The van der Waals surface area contributed by atoms with Crippen LogP contribution in [0.25, 0.3) is 0 Å². The first-order chi connectivity index (χ1) is 32.1. The lowest BCUT2D eigenvalue weighted by molar-refractivity contribution is -0.870. The van der Waals surface area contributed by atoms with Crippen molar-refractivity contribution < 1.29 is 42.9 Å². The number of carbonyl (C=O) groups is 3. The highest BCUT2D eigenvalue weighted by molar-refractivity contribution is 5.71. The Hall–Kier alpha value is -3.27. The third-order valence-electron chi connectivity index (χ3n) is 11.2. The summed E-state index contributed by atoms with van der Waals surface area (Å²) >= 11 is 0. The van der Waals surface area contributed by atoms with Crippen molar-refractivity contribution in [2.45, 2.75) is 225 Å². The molecule has 0 aromatic heterocycles. The Bertz CT molecular complexity index is 1310. The third-order valence-corrected chi connectivity index (χ3v) is 11.2. The zero-order valence-electron chi connectivity index (χ0n) is 43.1. The van der Waals surface area contributed by atoms with Crippen molar-refractivity contribution in [2.75, 3.05) is 47.5 Å². The van der Waals surface area contributed by atoms with Crippen molar-refractivity contribution >= 4 is 17.9 Å². The molecule has 0 aliphatic carbocycles. The van der Waals surface area contributed by atoms with Crippen LogP contribution in [0.4, 0.5) is 0 Å². The minimum Gasteiger partial charge on any atom is -0.477 e. The smallest absolute Gasteiger partial charge is 0.361 e. The number of rotatable bonds is 48. The van der Waals surface area contributed by atoms with Crippen molar-refractivity contribution in [3.05, 3.63) is 72.9 Å². The highest BCUT2D eigenvalue weighted by atomic mass is 16.7. The van der Waals surface area contributed by atoms with Gasteiger partial charge in [0.25, 0.3) is 6.29 Å². The molecule has 0 amide bonds. The van der Waals surface area contributed by atoms with Crippen molar-refractivity contribution in [3.63, 3.8) is 0 Å². The summed E-state index contributed by atoms with van der Waals surface area (Å²) in [7, 11) is 5.96. The molecule has 0 aliphatic rings. The van der Waals surface area contributed by atoms with E-state index in [1.54, 1.807) is 0 Å². The lowest BCUT2D eigenvalue weighted by Gasteiger charge is -2.25. The van der Waals surface area contributed by atoms with Crippen molar-refractivity contribution in [2.24, 2.45) is 0 Å². The van der Waals surface area contributed by atoms with Gasteiger partial charge in [-0.25, -0.2) is 4.79 Å². The van der Waals surface area contributed by atoms with E-state index in [2.05, 4.69) is 86.8 Å². The van der Waals surface area contributed by atoms with Crippen LogP contribution in [0.2, 0.25) is 0 Å². The van der Waals surface area contributed by atoms with Gasteiger partial charge in [-0.2, -0.15) is 0 Å². The van der Waals surface area contributed by atoms with Gasteiger partial charge in [-0.15, -0.1) is 0 Å². The molecule has 0 radical (unpaired) electrons. The number of unbranched alkanes of at least 4 members (excludes halogenated alkanes) is 21. The number of esters is 2. The molecule has 9 nitrogen and oxygen atoms in total. The number of carbonyl (C=O) groups excluding carboxylic acids is 2. The number of hydrogen-bond donors (Lipinski definition) is 1. The molecule has 0 heterocycles. The molecule has 380 valence electrons. The van der Waals surface area contributed by atoms with E-state index in [1.165, 1.54) is 103 Å². The van der Waals surface area contributed by atoms with Crippen LogP contribution in [0.15, 0.2) is 72.9 Å². The Morgan fingerprint density at radius 2 is 0.864 bits per heavy atom. The Labute approximate surface area is 405 Å². The first-order valence-electron chi connectivity index (χ1n) is 26.6. The topological polar surface area (TPSA) is 108 Å². The molecule has 0 aliphatic heterocycles. The van der Waals surface area contributed by atoms with Gasteiger partial charge >= 0.3 is 17.9 Å². The van der Waals surface area contributed by atoms with Crippen LogP contribution < -0.4 is 0 Å². The van der Waals surface area contributed by atoms with Gasteiger partial charge in [0, 0.05) is 12.8 Å². The molecule has 9 heteroatoms. The first-order valence-corrected chi connectivity index (χ1v) is 26.6. The van der Waals surface area contributed by atoms with Gasteiger partial charge in [0.05, 0.1) is 34.4 Å². The van der Waals surface area contributed by atoms with Crippen molar-refractivity contribution in [1.82, 2.24) is 0 Å². The summed E-state index contributed by atoms with van der Waals surface area (Å²) in [6, 6.07) is 0. The normalized spacial score (nSPS) is 13.4. The van der Waals surface area contributed by atoms with Crippen LogP contribution in [-0.4, -0.2) is 87.4 Å². The average Bonchev–Trinajstić information content (AvgIpc) is 3.28. The molecular weight excluding hydrogens is 827 g/mol. The number of ether oxygens (including phenoxy) is 4. The molecule has 0 saturated carbocycles. The molecule has 0 rings (SSSR count). The summed E-state index contributed by atoms with van der Waals surface area (Å²) < 4.78 is 22.8. The molecule has 1 N–H and O–H groups in total. The van der Waals surface area contributed by atoms with Crippen molar-refractivity contribution in [1.29, 1.82) is 0 Å². The molecule has 0 bridgehead atoms. The Morgan fingerprint density at radius 3 is 1.29 bits per heavy atom. The lowest BCUT2D eigenvalue weighted by Crippen LogP contribution is -2.40. The second kappa shape index (κ2) is 48.2. The summed E-state index contributed by atoms with van der Waals surface area (Å²) in [6.45, 7) is 4.74. The van der Waals surface area contributed by atoms with Gasteiger partial charge in [0.15, 0.2) is 6.10 Å². The van der Waals surface area contributed by atoms with E-state index in [0.29, 0.717) is 17.4 Å². The minimum absolute atomic E-state index is 0.183. The molecule has 0 fully saturated rings. The second-order valence-corrected chi connectivity index (χ2v) is 18.8. The average molecular weight is 927 g/mol. The molecule has 66 heavy (non-hydrogen) atoms. The van der Waals surface area contributed by atoms with E-state index < -0.39 is 24.3 Å². The van der Waals surface area contributed by atoms with E-state index in [4.69, 9.17) is 18.9 Å². The van der Waals surface area contributed by atoms with Crippen LogP contribution in [-0.2, 0) is 33.3 Å². The van der Waals surface area contributed by atoms with Gasteiger partial charge < -0.3 is 28.5 Å². The van der Waals surface area contributed by atoms with Crippen LogP contribution in [0, 0.1) is 0 Å².